The number of hydrogen-bond donors (Lipinski definition) is 0. The molecule has 4 rings (SSSR count). The topological polar surface area (TPSA) is 38.7 Å². The van der Waals surface area contributed by atoms with Gasteiger partial charge in [-0.25, -0.2) is 14.4 Å². The van der Waals surface area contributed by atoms with E-state index in [-0.39, 0.29) is 21.6 Å². The lowest BCUT2D eigenvalue weighted by molar-refractivity contribution is 0.635. The second-order valence-corrected chi connectivity index (χ2v) is 16.1. The molecule has 0 saturated heterocycles. The van der Waals surface area contributed by atoms with E-state index in [2.05, 4.69) is 68.0 Å². The van der Waals surface area contributed by atoms with E-state index in [4.69, 9.17) is 23.2 Å². The molecule has 4 aromatic rings. The maximum absolute atomic E-state index is 15.8. The minimum Gasteiger partial charge on any atom is -0.252 e. The van der Waals surface area contributed by atoms with Crippen LogP contribution in [0.5, 0.6) is 0 Å². The summed E-state index contributed by atoms with van der Waals surface area (Å²) in [5.74, 6) is 2.97. The number of halogens is 3. The average molecular weight is 525 g/mol. The minimum atomic E-state index is -1.95. The van der Waals surface area contributed by atoms with Gasteiger partial charge in [-0.05, 0) is 39.7 Å². The number of nitrogens with zero attached hydrogens (tertiary/aromatic N) is 3. The molecule has 0 spiro atoms. The minimum absolute atomic E-state index is 0.0476. The van der Waals surface area contributed by atoms with Gasteiger partial charge in [0, 0.05) is 22.7 Å². The summed E-state index contributed by atoms with van der Waals surface area (Å²) in [6.07, 6.45) is 1.49. The van der Waals surface area contributed by atoms with E-state index in [9.17, 15) is 0 Å². The first kappa shape index (κ1) is 25.6. The summed E-state index contributed by atoms with van der Waals surface area (Å²) >= 11 is 12.1. The van der Waals surface area contributed by atoms with Gasteiger partial charge in [-0.1, -0.05) is 89.4 Å². The fourth-order valence-electron chi connectivity index (χ4n) is 5.43. The van der Waals surface area contributed by atoms with Crippen molar-refractivity contribution >= 4 is 53.0 Å². The lowest BCUT2D eigenvalue weighted by Gasteiger charge is -2.38. The molecule has 0 aliphatic rings. The Morgan fingerprint density at radius 3 is 2.14 bits per heavy atom. The third-order valence-electron chi connectivity index (χ3n) is 7.05. The molecule has 2 aromatic carbocycles. The van der Waals surface area contributed by atoms with Crippen LogP contribution in [0.4, 0.5) is 4.39 Å². The summed E-state index contributed by atoms with van der Waals surface area (Å²) in [6, 6.07) is 11.8. The molecule has 0 aliphatic heterocycles. The van der Waals surface area contributed by atoms with Gasteiger partial charge >= 0.3 is 0 Å². The van der Waals surface area contributed by atoms with Crippen LogP contribution in [0.1, 0.15) is 47.1 Å². The first-order valence-electron chi connectivity index (χ1n) is 11.8. The zero-order valence-corrected chi connectivity index (χ0v) is 23.3. The van der Waals surface area contributed by atoms with Crippen LogP contribution in [-0.4, -0.2) is 23.0 Å². The zero-order valence-electron chi connectivity index (χ0n) is 20.7. The smallest absolute Gasteiger partial charge is 0.224 e. The summed E-state index contributed by atoms with van der Waals surface area (Å²) in [7, 11) is -1.95. The molecule has 3 nitrogen and oxygen atoms in total. The summed E-state index contributed by atoms with van der Waals surface area (Å²) in [4.78, 5) is 12.4. The van der Waals surface area contributed by atoms with Crippen LogP contribution in [0.3, 0.4) is 0 Å². The van der Waals surface area contributed by atoms with Crippen molar-refractivity contribution in [1.29, 1.82) is 0 Å². The predicted molar refractivity (Wildman–Crippen MR) is 148 cm³/mol. The van der Waals surface area contributed by atoms with E-state index in [0.717, 1.165) is 16.3 Å². The Morgan fingerprint density at radius 1 is 0.886 bits per heavy atom. The van der Waals surface area contributed by atoms with Crippen LogP contribution in [0.25, 0.3) is 32.9 Å². The van der Waals surface area contributed by atoms with Gasteiger partial charge in [0.15, 0.2) is 5.82 Å². The summed E-state index contributed by atoms with van der Waals surface area (Å²) < 4.78 is 15.8. The monoisotopic (exact) mass is 523 g/mol. The molecule has 0 saturated carbocycles. The Balaban J connectivity index is 2.00. The molecule has 0 N–H and O–H groups in total. The zero-order chi connectivity index (χ0) is 25.5. The normalized spacial score (nSPS) is 12.1. The molecule has 180 valence electrons. The average Bonchev–Trinajstić information content (AvgIpc) is 2.79. The second-order valence-electron chi connectivity index (χ2n) is 9.82. The SMILES string of the molecule is CC(C)[Si](C#Cc1cccc2cccc(-c3ncc4c(Cl)nc(Cl)nc4c3F)c12)(C(C)C)C(C)C. The van der Waals surface area contributed by atoms with Crippen LogP contribution < -0.4 is 0 Å². The number of benzene rings is 2. The van der Waals surface area contributed by atoms with Crippen LogP contribution in [0.2, 0.25) is 27.1 Å². The Hall–Kier alpha value is -2.52. The summed E-state index contributed by atoms with van der Waals surface area (Å²) in [5.41, 5.74) is 7.09. The Kier molecular flexibility index (Phi) is 7.20. The molecule has 0 aliphatic carbocycles. The first-order valence-corrected chi connectivity index (χ1v) is 14.8. The van der Waals surface area contributed by atoms with Crippen LogP contribution in [0, 0.1) is 17.3 Å². The number of rotatable bonds is 4. The molecule has 2 aromatic heterocycles. The number of pyridine rings is 1. The number of hydrogen-bond acceptors (Lipinski definition) is 3. The van der Waals surface area contributed by atoms with E-state index >= 15 is 4.39 Å². The second kappa shape index (κ2) is 9.85. The van der Waals surface area contributed by atoms with Crippen molar-refractivity contribution in [3.05, 3.63) is 64.4 Å². The Labute approximate surface area is 217 Å². The lowest BCUT2D eigenvalue weighted by atomic mass is 9.97. The molecule has 0 bridgehead atoms. The van der Waals surface area contributed by atoms with E-state index in [0.29, 0.717) is 27.6 Å². The van der Waals surface area contributed by atoms with Crippen LogP contribution in [-0.2, 0) is 0 Å². The van der Waals surface area contributed by atoms with E-state index in [1.165, 1.54) is 6.20 Å². The molecule has 7 heteroatoms. The van der Waals surface area contributed by atoms with Gasteiger partial charge in [-0.3, -0.25) is 4.98 Å². The fourth-order valence-corrected chi connectivity index (χ4v) is 11.1. The third-order valence-corrected chi connectivity index (χ3v) is 13.8. The highest BCUT2D eigenvalue weighted by molar-refractivity contribution is 6.90. The first-order chi connectivity index (χ1) is 16.6. The molecular formula is C28H28Cl2FN3Si. The van der Waals surface area contributed by atoms with Crippen molar-refractivity contribution in [2.45, 2.75) is 58.2 Å². The summed E-state index contributed by atoms with van der Waals surface area (Å²) in [6.45, 7) is 13.8. The number of aromatic nitrogens is 3. The van der Waals surface area contributed by atoms with Crippen LogP contribution in [0.15, 0.2) is 42.6 Å². The van der Waals surface area contributed by atoms with Crippen molar-refractivity contribution in [3.8, 4) is 22.7 Å². The lowest BCUT2D eigenvalue weighted by Crippen LogP contribution is -2.43. The molecule has 0 atom stereocenters. The molecule has 35 heavy (non-hydrogen) atoms. The molecule has 0 unspecified atom stereocenters. The Bertz CT molecular complexity index is 1460. The van der Waals surface area contributed by atoms with E-state index < -0.39 is 13.9 Å². The quantitative estimate of drug-likeness (QED) is 0.116. The summed E-state index contributed by atoms with van der Waals surface area (Å²) in [5, 5.41) is 2.12. The van der Waals surface area contributed by atoms with Gasteiger partial charge in [0.25, 0.3) is 0 Å². The van der Waals surface area contributed by atoms with Crippen molar-refractivity contribution < 1.29 is 4.39 Å². The van der Waals surface area contributed by atoms with Crippen molar-refractivity contribution in [2.24, 2.45) is 0 Å². The predicted octanol–water partition coefficient (Wildman–Crippen LogP) is 8.86. The highest BCUT2D eigenvalue weighted by Gasteiger charge is 2.41. The number of fused-ring (bicyclic) bond motifs is 2. The van der Waals surface area contributed by atoms with Crippen molar-refractivity contribution in [1.82, 2.24) is 15.0 Å². The van der Waals surface area contributed by atoms with Gasteiger partial charge in [0.2, 0.25) is 5.28 Å². The molecule has 0 fully saturated rings. The molecule has 2 heterocycles. The van der Waals surface area contributed by atoms with E-state index in [1.807, 2.05) is 36.4 Å². The molecule has 0 amide bonds. The van der Waals surface area contributed by atoms with Gasteiger partial charge in [-0.2, -0.15) is 0 Å². The standard InChI is InChI=1S/C28H28Cl2FN3Si/c1-16(2)35(17(3)4,18(5)6)14-13-20-10-7-9-19-11-8-12-21(23(19)20)25-24(31)26-22(15-32-25)27(29)34-28(30)33-26/h7-12,15-18H,1-6H3. The highest BCUT2D eigenvalue weighted by Crippen LogP contribution is 2.41. The largest absolute Gasteiger partial charge is 0.252 e. The Morgan fingerprint density at radius 2 is 1.51 bits per heavy atom. The highest BCUT2D eigenvalue weighted by atomic mass is 35.5. The van der Waals surface area contributed by atoms with Gasteiger partial charge in [-0.15, -0.1) is 5.54 Å². The maximum atomic E-state index is 15.8. The van der Waals surface area contributed by atoms with Crippen LogP contribution >= 0.6 is 23.2 Å². The van der Waals surface area contributed by atoms with E-state index in [1.54, 1.807) is 0 Å². The molecule has 0 radical (unpaired) electrons. The van der Waals surface area contributed by atoms with Gasteiger partial charge < -0.3 is 0 Å². The van der Waals surface area contributed by atoms with Gasteiger partial charge in [0.05, 0.1) is 5.39 Å². The molecular weight excluding hydrogens is 496 g/mol. The van der Waals surface area contributed by atoms with Crippen molar-refractivity contribution in [3.63, 3.8) is 0 Å². The van der Waals surface area contributed by atoms with Crippen molar-refractivity contribution in [2.75, 3.05) is 0 Å². The third kappa shape index (κ3) is 4.44. The van der Waals surface area contributed by atoms with Gasteiger partial charge in [0.1, 0.15) is 24.4 Å². The maximum Gasteiger partial charge on any atom is 0.224 e. The fraction of sp³-hybridized carbons (Fsp3) is 0.321.